The van der Waals surface area contributed by atoms with Crippen LogP contribution in [0.25, 0.3) is 10.9 Å². The molecule has 7 N–H and O–H groups in total. The van der Waals surface area contributed by atoms with Gasteiger partial charge < -0.3 is 36.5 Å². The Labute approximate surface area is 244 Å². The average Bonchev–Trinajstić information content (AvgIpc) is 3.66. The zero-order valence-corrected chi connectivity index (χ0v) is 23.9. The number of H-pyrrole nitrogens is 1. The molecule has 11 nitrogen and oxygen atoms in total. The summed E-state index contributed by atoms with van der Waals surface area (Å²) in [5.74, 6) is -2.98. The summed E-state index contributed by atoms with van der Waals surface area (Å²) in [6, 6.07) is 10.1. The molecule has 0 spiro atoms. The van der Waals surface area contributed by atoms with Gasteiger partial charge in [0, 0.05) is 29.9 Å². The Morgan fingerprint density at radius 1 is 0.952 bits per heavy atom. The van der Waals surface area contributed by atoms with E-state index in [1.165, 1.54) is 12.1 Å². The van der Waals surface area contributed by atoms with Gasteiger partial charge in [0.15, 0.2) is 0 Å². The van der Waals surface area contributed by atoms with E-state index in [1.807, 2.05) is 31.2 Å². The summed E-state index contributed by atoms with van der Waals surface area (Å²) in [4.78, 5) is 55.5. The second kappa shape index (κ2) is 14.0. The summed E-state index contributed by atoms with van der Waals surface area (Å²) in [6.45, 7) is 4.28. The third-order valence-corrected chi connectivity index (χ3v) is 7.89. The fourth-order valence-corrected chi connectivity index (χ4v) is 5.20. The summed E-state index contributed by atoms with van der Waals surface area (Å²) < 4.78 is 0. The van der Waals surface area contributed by atoms with Gasteiger partial charge in [-0.3, -0.25) is 14.4 Å². The van der Waals surface area contributed by atoms with Crippen LogP contribution in [0.1, 0.15) is 44.2 Å². The molecule has 0 saturated carbocycles. The van der Waals surface area contributed by atoms with E-state index in [-0.39, 0.29) is 30.4 Å². The summed E-state index contributed by atoms with van der Waals surface area (Å²) >= 11 is 0. The lowest BCUT2D eigenvalue weighted by atomic mass is 9.97. The van der Waals surface area contributed by atoms with Crippen molar-refractivity contribution in [2.75, 3.05) is 6.54 Å². The summed E-state index contributed by atoms with van der Waals surface area (Å²) in [5.41, 5.74) is 2.37. The van der Waals surface area contributed by atoms with Crippen molar-refractivity contribution in [3.8, 4) is 5.75 Å². The number of aromatic hydroxyl groups is 1. The van der Waals surface area contributed by atoms with Gasteiger partial charge in [-0.15, -0.1) is 0 Å². The first-order valence-corrected chi connectivity index (χ1v) is 14.4. The Morgan fingerprint density at radius 2 is 1.64 bits per heavy atom. The highest BCUT2D eigenvalue weighted by Crippen LogP contribution is 2.20. The molecule has 42 heavy (non-hydrogen) atoms. The van der Waals surface area contributed by atoms with E-state index in [9.17, 15) is 29.4 Å². The van der Waals surface area contributed by atoms with Crippen molar-refractivity contribution >= 4 is 34.6 Å². The van der Waals surface area contributed by atoms with Gasteiger partial charge in [0.1, 0.15) is 23.9 Å². The van der Waals surface area contributed by atoms with Gasteiger partial charge in [-0.2, -0.15) is 0 Å². The Morgan fingerprint density at radius 3 is 2.31 bits per heavy atom. The van der Waals surface area contributed by atoms with E-state index in [4.69, 9.17) is 0 Å². The molecule has 1 aromatic heterocycles. The fraction of sp³-hybridized carbons (Fsp3) is 0.419. The van der Waals surface area contributed by atoms with Crippen LogP contribution in [0.4, 0.5) is 0 Å². The van der Waals surface area contributed by atoms with Gasteiger partial charge >= 0.3 is 5.97 Å². The van der Waals surface area contributed by atoms with Crippen LogP contribution in [0.2, 0.25) is 0 Å². The van der Waals surface area contributed by atoms with Crippen molar-refractivity contribution in [3.05, 3.63) is 65.9 Å². The number of nitrogens with one attached hydrogen (secondary N) is 5. The molecule has 1 saturated heterocycles. The van der Waals surface area contributed by atoms with E-state index in [1.54, 1.807) is 25.3 Å². The van der Waals surface area contributed by atoms with Gasteiger partial charge in [-0.25, -0.2) is 4.79 Å². The number of benzene rings is 2. The minimum Gasteiger partial charge on any atom is -0.508 e. The number of aromatic nitrogens is 1. The van der Waals surface area contributed by atoms with E-state index >= 15 is 0 Å². The lowest BCUT2D eigenvalue weighted by molar-refractivity contribution is -0.143. The molecule has 1 fully saturated rings. The number of carboxylic acid groups (broad SMARTS) is 1. The van der Waals surface area contributed by atoms with Crippen LogP contribution in [-0.2, 0) is 32.0 Å². The van der Waals surface area contributed by atoms with E-state index in [2.05, 4.69) is 26.3 Å². The number of para-hydroxylation sites is 1. The maximum absolute atomic E-state index is 13.8. The van der Waals surface area contributed by atoms with Crippen molar-refractivity contribution in [1.82, 2.24) is 26.3 Å². The largest absolute Gasteiger partial charge is 0.508 e. The molecule has 3 amide bonds. The summed E-state index contributed by atoms with van der Waals surface area (Å²) in [5, 5.41) is 31.8. The molecule has 11 heteroatoms. The van der Waals surface area contributed by atoms with E-state index < -0.39 is 42.0 Å². The Hall–Kier alpha value is -4.38. The summed E-state index contributed by atoms with van der Waals surface area (Å²) in [7, 11) is 0. The topological polar surface area (TPSA) is 173 Å². The molecule has 0 radical (unpaired) electrons. The fourth-order valence-electron chi connectivity index (χ4n) is 5.20. The SMILES string of the molecule is CCC(C)C(NC(=O)C(Cc1ccc(O)cc1)NC(=O)C(Cc1c[nH]c2ccccc12)NC(=O)C1CCCN1)C(=O)O. The molecule has 1 aliphatic rings. The van der Waals surface area contributed by atoms with Crippen LogP contribution in [-0.4, -0.2) is 69.6 Å². The molecule has 5 atom stereocenters. The zero-order chi connectivity index (χ0) is 30.2. The molecule has 1 aliphatic heterocycles. The Bertz CT molecular complexity index is 1400. The van der Waals surface area contributed by atoms with Crippen molar-refractivity contribution in [3.63, 3.8) is 0 Å². The first-order chi connectivity index (χ1) is 20.2. The molecule has 224 valence electrons. The molecule has 2 aromatic carbocycles. The molecular formula is C31H39N5O6. The minimum atomic E-state index is -1.17. The first-order valence-electron chi connectivity index (χ1n) is 14.4. The van der Waals surface area contributed by atoms with Crippen molar-refractivity contribution in [2.45, 2.75) is 70.1 Å². The maximum Gasteiger partial charge on any atom is 0.326 e. The number of carboxylic acids is 1. The van der Waals surface area contributed by atoms with Gasteiger partial charge in [0.05, 0.1) is 6.04 Å². The van der Waals surface area contributed by atoms with E-state index in [0.717, 1.165) is 22.9 Å². The standard InChI is InChI=1S/C31H39N5O6/c1-3-18(2)27(31(41)42)36-30(40)25(15-19-10-12-21(37)13-11-19)34-29(39)26(35-28(38)24-9-6-14-32-24)16-20-17-33-23-8-5-4-7-22(20)23/h4-5,7-8,10-13,17-18,24-27,32-33,37H,3,6,9,14-16H2,1-2H3,(H,34,39)(H,35,38)(H,36,40)(H,41,42). The molecular weight excluding hydrogens is 538 g/mol. The van der Waals surface area contributed by atoms with Crippen LogP contribution in [0, 0.1) is 5.92 Å². The Kier molecular flexibility index (Phi) is 10.2. The number of amides is 3. The van der Waals surface area contributed by atoms with Crippen LogP contribution in [0.3, 0.4) is 0 Å². The van der Waals surface area contributed by atoms with Gasteiger partial charge in [-0.05, 0) is 54.6 Å². The van der Waals surface area contributed by atoms with Crippen LogP contribution >= 0.6 is 0 Å². The lowest BCUT2D eigenvalue weighted by Crippen LogP contribution is -2.58. The minimum absolute atomic E-state index is 0.0443. The molecule has 4 rings (SSSR count). The smallest absolute Gasteiger partial charge is 0.326 e. The normalized spacial score (nSPS) is 17.6. The van der Waals surface area contributed by atoms with Gasteiger partial charge in [0.25, 0.3) is 0 Å². The molecule has 2 heterocycles. The van der Waals surface area contributed by atoms with Crippen LogP contribution < -0.4 is 21.3 Å². The highest BCUT2D eigenvalue weighted by molar-refractivity contribution is 5.95. The number of phenols is 1. The monoisotopic (exact) mass is 577 g/mol. The second-order valence-corrected chi connectivity index (χ2v) is 10.9. The van der Waals surface area contributed by atoms with Crippen molar-refractivity contribution in [2.24, 2.45) is 5.92 Å². The highest BCUT2D eigenvalue weighted by Gasteiger charge is 2.33. The molecule has 5 unspecified atom stereocenters. The zero-order valence-electron chi connectivity index (χ0n) is 23.9. The van der Waals surface area contributed by atoms with Crippen molar-refractivity contribution in [1.29, 1.82) is 0 Å². The number of carbonyl (C=O) groups excluding carboxylic acids is 3. The maximum atomic E-state index is 13.8. The van der Waals surface area contributed by atoms with Crippen LogP contribution in [0.15, 0.2) is 54.7 Å². The number of fused-ring (bicyclic) bond motifs is 1. The van der Waals surface area contributed by atoms with Gasteiger partial charge in [0.2, 0.25) is 17.7 Å². The summed E-state index contributed by atoms with van der Waals surface area (Å²) in [6.07, 6.45) is 4.06. The molecule has 0 aliphatic carbocycles. The number of phenolic OH excluding ortho intramolecular Hbond substituents is 1. The third kappa shape index (κ3) is 7.67. The number of aromatic amines is 1. The predicted molar refractivity (Wildman–Crippen MR) is 158 cm³/mol. The predicted octanol–water partition coefficient (Wildman–Crippen LogP) is 2.00. The van der Waals surface area contributed by atoms with Gasteiger partial charge in [-0.1, -0.05) is 50.6 Å². The van der Waals surface area contributed by atoms with Crippen LogP contribution in [0.5, 0.6) is 5.75 Å². The number of hydrogen-bond donors (Lipinski definition) is 7. The number of carbonyl (C=O) groups is 4. The number of rotatable bonds is 13. The van der Waals surface area contributed by atoms with Crippen molar-refractivity contribution < 1.29 is 29.4 Å². The third-order valence-electron chi connectivity index (χ3n) is 7.89. The molecule has 3 aromatic rings. The first kappa shape index (κ1) is 30.6. The van der Waals surface area contributed by atoms with E-state index in [0.29, 0.717) is 24.9 Å². The lowest BCUT2D eigenvalue weighted by Gasteiger charge is -2.27. The molecule has 0 bridgehead atoms. The quantitative estimate of drug-likeness (QED) is 0.163. The second-order valence-electron chi connectivity index (χ2n) is 10.9. The number of aliphatic carboxylic acids is 1. The number of hydrogen-bond acceptors (Lipinski definition) is 6. The average molecular weight is 578 g/mol. The highest BCUT2D eigenvalue weighted by atomic mass is 16.4. The Balaban J connectivity index is 1.60.